The van der Waals surface area contributed by atoms with Crippen molar-refractivity contribution in [3.63, 3.8) is 0 Å². The summed E-state index contributed by atoms with van der Waals surface area (Å²) in [6, 6.07) is 24.5. The summed E-state index contributed by atoms with van der Waals surface area (Å²) in [6.07, 6.45) is 3.40. The largest absolute Gasteiger partial charge is 0.466 e. The van der Waals surface area contributed by atoms with Crippen LogP contribution in [0, 0.1) is 10.1 Å². The van der Waals surface area contributed by atoms with Crippen LogP contribution in [0.5, 0.6) is 5.75 Å². The van der Waals surface area contributed by atoms with Gasteiger partial charge in [-0.2, -0.15) is 0 Å². The van der Waals surface area contributed by atoms with E-state index in [1.54, 1.807) is 42.5 Å². The van der Waals surface area contributed by atoms with Crippen molar-refractivity contribution in [2.24, 2.45) is 0 Å². The van der Waals surface area contributed by atoms with Gasteiger partial charge in [-0.1, -0.05) is 60.7 Å². The second kappa shape index (κ2) is 10.4. The molecule has 4 rings (SSSR count). The standard InChI is InChI=1S/C27H21NO6/c1-32-18-33-27-21(12-14-22-15-17-24(34-22)19-8-4-2-5-9-19)13-16-23(28(30)31)25(27)26(29)20-10-6-3-7-11-20/h2-17H,18H2,1H3. The van der Waals surface area contributed by atoms with Crippen molar-refractivity contribution >= 4 is 23.6 Å². The predicted molar refractivity (Wildman–Crippen MR) is 129 cm³/mol. The van der Waals surface area contributed by atoms with Crippen LogP contribution in [0.15, 0.2) is 89.3 Å². The van der Waals surface area contributed by atoms with Crippen molar-refractivity contribution < 1.29 is 23.6 Å². The molecule has 0 N–H and O–H groups in total. The van der Waals surface area contributed by atoms with Crippen LogP contribution in [-0.2, 0) is 4.74 Å². The van der Waals surface area contributed by atoms with Gasteiger partial charge in [-0.05, 0) is 30.4 Å². The number of carbonyl (C=O) groups excluding carboxylic acids is 1. The molecule has 170 valence electrons. The lowest BCUT2D eigenvalue weighted by Crippen LogP contribution is -2.11. The number of ketones is 1. The van der Waals surface area contributed by atoms with Crippen molar-refractivity contribution in [1.29, 1.82) is 0 Å². The molecule has 0 atom stereocenters. The summed E-state index contributed by atoms with van der Waals surface area (Å²) in [5.41, 5.74) is 1.24. The van der Waals surface area contributed by atoms with Gasteiger partial charge in [0.1, 0.15) is 22.8 Å². The third kappa shape index (κ3) is 4.95. The molecule has 1 heterocycles. The van der Waals surface area contributed by atoms with Gasteiger partial charge in [0.05, 0.1) is 4.92 Å². The molecule has 0 aliphatic carbocycles. The number of nitro benzene ring substituents is 1. The number of benzene rings is 3. The zero-order valence-corrected chi connectivity index (χ0v) is 18.3. The van der Waals surface area contributed by atoms with Crippen LogP contribution in [0.4, 0.5) is 5.69 Å². The van der Waals surface area contributed by atoms with E-state index in [9.17, 15) is 14.9 Å². The lowest BCUT2D eigenvalue weighted by atomic mass is 9.97. The first-order valence-electron chi connectivity index (χ1n) is 10.4. The van der Waals surface area contributed by atoms with Gasteiger partial charge < -0.3 is 13.9 Å². The van der Waals surface area contributed by atoms with Crippen LogP contribution in [-0.4, -0.2) is 24.6 Å². The highest BCUT2D eigenvalue weighted by atomic mass is 16.7. The summed E-state index contributed by atoms with van der Waals surface area (Å²) in [5.74, 6) is 0.833. The van der Waals surface area contributed by atoms with E-state index in [1.165, 1.54) is 19.2 Å². The molecule has 34 heavy (non-hydrogen) atoms. The second-order valence-electron chi connectivity index (χ2n) is 7.28. The van der Waals surface area contributed by atoms with Crippen LogP contribution >= 0.6 is 0 Å². The molecular weight excluding hydrogens is 434 g/mol. The molecular formula is C27H21NO6. The Morgan fingerprint density at radius 2 is 1.65 bits per heavy atom. The number of methoxy groups -OCH3 is 1. The molecule has 4 aromatic rings. The van der Waals surface area contributed by atoms with E-state index in [4.69, 9.17) is 13.9 Å². The monoisotopic (exact) mass is 455 g/mol. The molecule has 3 aromatic carbocycles. The van der Waals surface area contributed by atoms with E-state index in [0.29, 0.717) is 22.6 Å². The molecule has 0 spiro atoms. The van der Waals surface area contributed by atoms with Crippen LogP contribution in [0.3, 0.4) is 0 Å². The first-order valence-corrected chi connectivity index (χ1v) is 10.4. The SMILES string of the molecule is COCOc1c(C=Cc2ccc(-c3ccccc3)o2)ccc([N+](=O)[O-])c1C(=O)c1ccccc1. The van der Waals surface area contributed by atoms with Crippen molar-refractivity contribution in [3.05, 3.63) is 117 Å². The maximum atomic E-state index is 13.3. The Morgan fingerprint density at radius 1 is 0.941 bits per heavy atom. The molecule has 0 amide bonds. The fourth-order valence-corrected chi connectivity index (χ4v) is 3.47. The molecule has 0 aliphatic rings. The van der Waals surface area contributed by atoms with Gasteiger partial charge in [-0.15, -0.1) is 0 Å². The molecule has 0 radical (unpaired) electrons. The highest BCUT2D eigenvalue weighted by Crippen LogP contribution is 2.35. The second-order valence-corrected chi connectivity index (χ2v) is 7.28. The Morgan fingerprint density at radius 3 is 2.32 bits per heavy atom. The van der Waals surface area contributed by atoms with E-state index < -0.39 is 10.7 Å². The normalized spacial score (nSPS) is 11.0. The number of hydrogen-bond donors (Lipinski definition) is 0. The summed E-state index contributed by atoms with van der Waals surface area (Å²) in [7, 11) is 1.43. The molecule has 7 nitrogen and oxygen atoms in total. The highest BCUT2D eigenvalue weighted by Gasteiger charge is 2.28. The first-order chi connectivity index (χ1) is 16.6. The number of carbonyl (C=O) groups is 1. The third-order valence-corrected chi connectivity index (χ3v) is 5.06. The lowest BCUT2D eigenvalue weighted by molar-refractivity contribution is -0.385. The number of nitro groups is 1. The minimum Gasteiger partial charge on any atom is -0.466 e. The fraction of sp³-hybridized carbons (Fsp3) is 0.0741. The number of hydrogen-bond acceptors (Lipinski definition) is 6. The van der Waals surface area contributed by atoms with Gasteiger partial charge in [0.25, 0.3) is 5.69 Å². The van der Waals surface area contributed by atoms with E-state index in [-0.39, 0.29) is 23.8 Å². The van der Waals surface area contributed by atoms with Crippen LogP contribution in [0.25, 0.3) is 23.5 Å². The Balaban J connectivity index is 1.76. The van der Waals surface area contributed by atoms with Gasteiger partial charge in [-0.25, -0.2) is 0 Å². The third-order valence-electron chi connectivity index (χ3n) is 5.06. The molecule has 1 aromatic heterocycles. The highest BCUT2D eigenvalue weighted by molar-refractivity contribution is 6.14. The van der Waals surface area contributed by atoms with Crippen LogP contribution < -0.4 is 4.74 Å². The average Bonchev–Trinajstić information content (AvgIpc) is 3.35. The smallest absolute Gasteiger partial charge is 0.284 e. The number of furan rings is 1. The Bertz CT molecular complexity index is 1330. The number of nitrogens with zero attached hydrogens (tertiary/aromatic N) is 1. The van der Waals surface area contributed by atoms with Crippen molar-refractivity contribution in [2.45, 2.75) is 0 Å². The molecule has 0 bridgehead atoms. The quantitative estimate of drug-likeness (QED) is 0.128. The van der Waals surface area contributed by atoms with Gasteiger partial charge >= 0.3 is 0 Å². The zero-order valence-electron chi connectivity index (χ0n) is 18.3. The van der Waals surface area contributed by atoms with Gasteiger partial charge in [0.15, 0.2) is 6.79 Å². The Labute approximate surface area is 196 Å². The summed E-state index contributed by atoms with van der Waals surface area (Å²) in [5, 5.41) is 11.7. The van der Waals surface area contributed by atoms with Gasteiger partial charge in [0, 0.05) is 29.9 Å². The Hall–Kier alpha value is -4.49. The number of rotatable bonds is 9. The fourth-order valence-electron chi connectivity index (χ4n) is 3.47. The van der Waals surface area contributed by atoms with Gasteiger partial charge in [-0.3, -0.25) is 14.9 Å². The molecule has 0 saturated heterocycles. The van der Waals surface area contributed by atoms with Crippen molar-refractivity contribution in [3.8, 4) is 17.1 Å². The summed E-state index contributed by atoms with van der Waals surface area (Å²) in [6.45, 7) is -0.185. The molecule has 0 saturated carbocycles. The summed E-state index contributed by atoms with van der Waals surface area (Å²) >= 11 is 0. The number of ether oxygens (including phenoxy) is 2. The zero-order chi connectivity index (χ0) is 23.9. The molecule has 0 fully saturated rings. The average molecular weight is 455 g/mol. The minimum absolute atomic E-state index is 0.0657. The summed E-state index contributed by atoms with van der Waals surface area (Å²) in [4.78, 5) is 24.4. The predicted octanol–water partition coefficient (Wildman–Crippen LogP) is 6.24. The first kappa shape index (κ1) is 22.7. The molecule has 0 aliphatic heterocycles. The summed E-state index contributed by atoms with van der Waals surface area (Å²) < 4.78 is 16.6. The van der Waals surface area contributed by atoms with Crippen molar-refractivity contribution in [2.75, 3.05) is 13.9 Å². The Kier molecular flexibility index (Phi) is 6.95. The van der Waals surface area contributed by atoms with Crippen LogP contribution in [0.2, 0.25) is 0 Å². The van der Waals surface area contributed by atoms with E-state index >= 15 is 0 Å². The maximum absolute atomic E-state index is 13.3. The van der Waals surface area contributed by atoms with Gasteiger partial charge in [0.2, 0.25) is 5.78 Å². The lowest BCUT2D eigenvalue weighted by Gasteiger charge is -2.13. The van der Waals surface area contributed by atoms with E-state index in [1.807, 2.05) is 42.5 Å². The topological polar surface area (TPSA) is 91.8 Å². The van der Waals surface area contributed by atoms with Crippen molar-refractivity contribution in [1.82, 2.24) is 0 Å². The van der Waals surface area contributed by atoms with E-state index in [2.05, 4.69) is 0 Å². The molecule has 0 unspecified atom stereocenters. The van der Waals surface area contributed by atoms with Crippen LogP contribution in [0.1, 0.15) is 27.2 Å². The van der Waals surface area contributed by atoms with E-state index in [0.717, 1.165) is 5.56 Å². The maximum Gasteiger partial charge on any atom is 0.284 e. The minimum atomic E-state index is -0.595. The molecule has 7 heteroatoms.